The van der Waals surface area contributed by atoms with Crippen molar-refractivity contribution >= 4 is 35.3 Å². The van der Waals surface area contributed by atoms with Crippen LogP contribution in [0.5, 0.6) is 0 Å². The van der Waals surface area contributed by atoms with Crippen LogP contribution < -0.4 is 0 Å². The molecule has 8 nitrogen and oxygen atoms in total. The molecule has 0 unspecified atom stereocenters. The van der Waals surface area contributed by atoms with E-state index in [-0.39, 0.29) is 16.7 Å². The number of rotatable bonds is 7. The van der Waals surface area contributed by atoms with Crippen molar-refractivity contribution in [2.75, 3.05) is 6.61 Å². The van der Waals surface area contributed by atoms with Crippen LogP contribution in [0.15, 0.2) is 91.0 Å². The minimum Gasteiger partial charge on any atom is -0.459 e. The number of ketones is 1. The van der Waals surface area contributed by atoms with Crippen LogP contribution in [0.3, 0.4) is 0 Å². The maximum atomic E-state index is 12.9. The third-order valence-electron chi connectivity index (χ3n) is 5.35. The smallest absolute Gasteiger partial charge is 0.338 e. The summed E-state index contributed by atoms with van der Waals surface area (Å²) in [5, 5.41) is 0. The molecule has 0 radical (unpaired) electrons. The van der Waals surface area contributed by atoms with Crippen LogP contribution in [0, 0.1) is 0 Å². The highest BCUT2D eigenvalue weighted by molar-refractivity contribution is 6.31. The minimum absolute atomic E-state index is 0.183. The molecular weight excluding hydrogens is 488 g/mol. The van der Waals surface area contributed by atoms with Gasteiger partial charge in [0.2, 0.25) is 11.9 Å². The topological polar surface area (TPSA) is 105 Å². The molecule has 1 saturated heterocycles. The maximum absolute atomic E-state index is 12.9. The predicted molar refractivity (Wildman–Crippen MR) is 128 cm³/mol. The summed E-state index contributed by atoms with van der Waals surface area (Å²) in [6.07, 6.45) is -4.22. The van der Waals surface area contributed by atoms with Gasteiger partial charge in [0.05, 0.1) is 16.7 Å². The van der Waals surface area contributed by atoms with Gasteiger partial charge in [-0.3, -0.25) is 4.79 Å². The molecule has 0 aromatic heterocycles. The molecule has 0 bridgehead atoms. The van der Waals surface area contributed by atoms with Crippen LogP contribution in [0.4, 0.5) is 0 Å². The van der Waals surface area contributed by atoms with E-state index in [1.54, 1.807) is 66.7 Å². The summed E-state index contributed by atoms with van der Waals surface area (Å²) in [6.45, 7) is -0.420. The van der Waals surface area contributed by atoms with Gasteiger partial charge in [-0.1, -0.05) is 66.2 Å². The molecule has 0 aliphatic carbocycles. The van der Waals surface area contributed by atoms with Crippen molar-refractivity contribution in [1.29, 1.82) is 0 Å². The lowest BCUT2D eigenvalue weighted by molar-refractivity contribution is -0.178. The maximum Gasteiger partial charge on any atom is 0.338 e. The van der Waals surface area contributed by atoms with Crippen LogP contribution in [0.2, 0.25) is 0 Å². The third kappa shape index (κ3) is 5.97. The molecular formula is C27H21ClO8. The SMILES string of the molecule is O=C(OC[C@H]1O[C@H](Cl)C(=O)[C@@H](OC(=O)c2ccccc2)[C@@H]1OC(=O)c1ccccc1)c1ccccc1. The highest BCUT2D eigenvalue weighted by Crippen LogP contribution is 2.27. The Bertz CT molecular complexity index is 1220. The van der Waals surface area contributed by atoms with Crippen LogP contribution >= 0.6 is 11.6 Å². The van der Waals surface area contributed by atoms with Gasteiger partial charge in [-0.05, 0) is 36.4 Å². The fraction of sp³-hybridized carbons (Fsp3) is 0.185. The Morgan fingerprint density at radius 2 is 1.14 bits per heavy atom. The van der Waals surface area contributed by atoms with Gasteiger partial charge in [0, 0.05) is 0 Å². The van der Waals surface area contributed by atoms with Gasteiger partial charge in [0.1, 0.15) is 12.7 Å². The number of esters is 3. The number of benzene rings is 3. The van der Waals surface area contributed by atoms with E-state index < -0.39 is 54.2 Å². The third-order valence-corrected chi connectivity index (χ3v) is 5.67. The lowest BCUT2D eigenvalue weighted by Crippen LogP contribution is -2.58. The molecule has 1 aliphatic rings. The number of ether oxygens (including phenoxy) is 4. The Labute approximate surface area is 211 Å². The van der Waals surface area contributed by atoms with E-state index >= 15 is 0 Å². The average Bonchev–Trinajstić information content (AvgIpc) is 2.92. The second kappa shape index (κ2) is 11.6. The number of alkyl halides is 1. The number of hydrogen-bond donors (Lipinski definition) is 0. The summed E-state index contributed by atoms with van der Waals surface area (Å²) < 4.78 is 21.9. The quantitative estimate of drug-likeness (QED) is 0.269. The zero-order valence-corrected chi connectivity index (χ0v) is 19.6. The number of Topliss-reactive ketones (excluding diaryl/α,β-unsaturated/α-hetero) is 1. The number of carbonyl (C=O) groups is 4. The van der Waals surface area contributed by atoms with Gasteiger partial charge in [0.15, 0.2) is 11.7 Å². The van der Waals surface area contributed by atoms with E-state index in [0.717, 1.165) is 0 Å². The van der Waals surface area contributed by atoms with Crippen LogP contribution in [-0.4, -0.2) is 54.2 Å². The number of halogens is 1. The first-order valence-electron chi connectivity index (χ1n) is 11.0. The zero-order valence-electron chi connectivity index (χ0n) is 18.8. The molecule has 4 rings (SSSR count). The molecule has 9 heteroatoms. The van der Waals surface area contributed by atoms with E-state index in [1.165, 1.54) is 24.3 Å². The summed E-state index contributed by atoms with van der Waals surface area (Å²) >= 11 is 6.09. The van der Waals surface area contributed by atoms with E-state index in [1.807, 2.05) is 0 Å². The summed E-state index contributed by atoms with van der Waals surface area (Å²) in [7, 11) is 0. The largest absolute Gasteiger partial charge is 0.459 e. The van der Waals surface area contributed by atoms with Gasteiger partial charge >= 0.3 is 17.9 Å². The molecule has 1 fully saturated rings. The van der Waals surface area contributed by atoms with Gasteiger partial charge in [-0.2, -0.15) is 0 Å². The lowest BCUT2D eigenvalue weighted by Gasteiger charge is -2.37. The average molecular weight is 509 g/mol. The first-order valence-corrected chi connectivity index (χ1v) is 11.4. The van der Waals surface area contributed by atoms with Crippen LogP contribution in [0.25, 0.3) is 0 Å². The lowest BCUT2D eigenvalue weighted by atomic mass is 10.0. The minimum atomic E-state index is -1.60. The monoisotopic (exact) mass is 508 g/mol. The summed E-state index contributed by atoms with van der Waals surface area (Å²) in [6, 6.07) is 24.3. The molecule has 1 heterocycles. The molecule has 0 spiro atoms. The summed E-state index contributed by atoms with van der Waals surface area (Å²) in [5.41, 5.74) is -0.850. The Morgan fingerprint density at radius 3 is 1.64 bits per heavy atom. The van der Waals surface area contributed by atoms with Crippen molar-refractivity contribution in [3.05, 3.63) is 108 Å². The van der Waals surface area contributed by atoms with Crippen molar-refractivity contribution < 1.29 is 38.1 Å². The first kappa shape index (κ1) is 25.1. The van der Waals surface area contributed by atoms with Crippen molar-refractivity contribution in [2.45, 2.75) is 23.9 Å². The van der Waals surface area contributed by atoms with Crippen molar-refractivity contribution in [2.24, 2.45) is 0 Å². The zero-order chi connectivity index (χ0) is 25.5. The number of hydrogen-bond acceptors (Lipinski definition) is 8. The Balaban J connectivity index is 1.58. The van der Waals surface area contributed by atoms with Gasteiger partial charge in [-0.15, -0.1) is 0 Å². The van der Waals surface area contributed by atoms with Crippen LogP contribution in [-0.2, 0) is 23.7 Å². The standard InChI is InChI=1S/C27H21ClO8/c28-24-21(29)23(36-27(32)19-14-8-3-9-15-19)22(35-26(31)18-12-6-2-7-13-18)20(34-24)16-33-25(30)17-10-4-1-5-11-17/h1-15,20,22-24H,16H2/t20-,22-,23-,24+/m1/s1. The van der Waals surface area contributed by atoms with E-state index in [9.17, 15) is 19.2 Å². The van der Waals surface area contributed by atoms with E-state index in [2.05, 4.69) is 0 Å². The van der Waals surface area contributed by atoms with Crippen molar-refractivity contribution in [1.82, 2.24) is 0 Å². The van der Waals surface area contributed by atoms with E-state index in [4.69, 9.17) is 30.5 Å². The molecule has 3 aromatic carbocycles. The Hall–Kier alpha value is -4.01. The van der Waals surface area contributed by atoms with Gasteiger partial charge in [0.25, 0.3) is 0 Å². The fourth-order valence-corrected chi connectivity index (χ4v) is 3.78. The normalized spacial score (nSPS) is 21.3. The molecule has 184 valence electrons. The molecule has 0 amide bonds. The second-order valence-electron chi connectivity index (χ2n) is 7.79. The van der Waals surface area contributed by atoms with Crippen LogP contribution in [0.1, 0.15) is 31.1 Å². The summed E-state index contributed by atoms with van der Waals surface area (Å²) in [5.74, 6) is -3.07. The molecule has 4 atom stereocenters. The highest BCUT2D eigenvalue weighted by Gasteiger charge is 2.50. The molecule has 0 N–H and O–H groups in total. The highest BCUT2D eigenvalue weighted by atomic mass is 35.5. The Kier molecular flexibility index (Phi) is 8.10. The molecule has 3 aromatic rings. The van der Waals surface area contributed by atoms with Crippen molar-refractivity contribution in [3.8, 4) is 0 Å². The Morgan fingerprint density at radius 1 is 0.694 bits per heavy atom. The molecule has 0 saturated carbocycles. The number of carbonyl (C=O) groups excluding carboxylic acids is 4. The molecule has 36 heavy (non-hydrogen) atoms. The van der Waals surface area contributed by atoms with Crippen molar-refractivity contribution in [3.63, 3.8) is 0 Å². The first-order chi connectivity index (χ1) is 17.4. The summed E-state index contributed by atoms with van der Waals surface area (Å²) in [4.78, 5) is 50.9. The molecule has 1 aliphatic heterocycles. The van der Waals surface area contributed by atoms with Gasteiger partial charge < -0.3 is 18.9 Å². The fourth-order valence-electron chi connectivity index (χ4n) is 3.52. The predicted octanol–water partition coefficient (Wildman–Crippen LogP) is 3.83. The van der Waals surface area contributed by atoms with Gasteiger partial charge in [-0.25, -0.2) is 14.4 Å². The second-order valence-corrected chi connectivity index (χ2v) is 8.18. The van der Waals surface area contributed by atoms with E-state index in [0.29, 0.717) is 0 Å².